The van der Waals surface area contributed by atoms with Gasteiger partial charge in [0.25, 0.3) is 0 Å². The van der Waals surface area contributed by atoms with E-state index in [0.717, 1.165) is 0 Å². The molecule has 0 saturated heterocycles. The van der Waals surface area contributed by atoms with Gasteiger partial charge in [0.1, 0.15) is 6.10 Å². The third-order valence-corrected chi connectivity index (χ3v) is 2.29. The molecule has 0 aliphatic carbocycles. The molecular weight excluding hydrogens is 200 g/mol. The van der Waals surface area contributed by atoms with Crippen LogP contribution in [-0.4, -0.2) is 49.6 Å². The summed E-state index contributed by atoms with van der Waals surface area (Å²) in [4.78, 5) is 0. The van der Waals surface area contributed by atoms with Crippen LogP contribution in [0.5, 0.6) is 0 Å². The molecule has 0 saturated carbocycles. The molecule has 0 aliphatic heterocycles. The Morgan fingerprint density at radius 2 is 1.47 bits per heavy atom. The van der Waals surface area contributed by atoms with Crippen LogP contribution in [0.15, 0.2) is 0 Å². The highest BCUT2D eigenvalue weighted by molar-refractivity contribution is 4.76. The molecule has 0 aromatic heterocycles. The van der Waals surface area contributed by atoms with Crippen molar-refractivity contribution in [2.75, 3.05) is 0 Å². The smallest absolute Gasteiger partial charge is 0.159 e. The van der Waals surface area contributed by atoms with Crippen LogP contribution in [0.25, 0.3) is 0 Å². The van der Waals surface area contributed by atoms with Crippen molar-refractivity contribution in [1.29, 1.82) is 0 Å². The van der Waals surface area contributed by atoms with E-state index >= 15 is 0 Å². The molecule has 0 amide bonds. The van der Waals surface area contributed by atoms with Gasteiger partial charge in [0.2, 0.25) is 0 Å². The molecule has 5 heteroatoms. The van der Waals surface area contributed by atoms with Crippen LogP contribution < -0.4 is 0 Å². The molecule has 5 nitrogen and oxygen atoms in total. The van der Waals surface area contributed by atoms with Gasteiger partial charge in [0.05, 0.1) is 12.2 Å². The molecule has 0 rings (SSSR count). The number of aliphatic hydroxyl groups excluding tert-OH is 3. The Morgan fingerprint density at radius 3 is 1.87 bits per heavy atom. The maximum Gasteiger partial charge on any atom is 0.159 e. The minimum absolute atomic E-state index is 0.0332. The van der Waals surface area contributed by atoms with E-state index in [1.165, 1.54) is 6.92 Å². The largest absolute Gasteiger partial charge is 0.390 e. The average Bonchev–Trinajstić information content (AvgIpc) is 2.12. The molecule has 0 fully saturated rings. The number of rotatable bonds is 7. The average molecular weight is 222 g/mol. The van der Waals surface area contributed by atoms with Gasteiger partial charge in [-0.3, -0.25) is 0 Å². The Bertz CT molecular complexity index is 166. The Hall–Kier alpha value is -0.200. The maximum absolute atomic E-state index is 9.45. The van der Waals surface area contributed by atoms with Crippen molar-refractivity contribution < 1.29 is 25.5 Å². The highest BCUT2D eigenvalue weighted by Gasteiger charge is 2.26. The number of aliphatic hydroxyl groups is 5. The maximum atomic E-state index is 9.45. The molecule has 0 aromatic carbocycles. The molecule has 3 atom stereocenters. The van der Waals surface area contributed by atoms with Gasteiger partial charge in [-0.15, -0.1) is 0 Å². The predicted molar refractivity (Wildman–Crippen MR) is 55.0 cm³/mol. The molecule has 0 aliphatic rings. The van der Waals surface area contributed by atoms with Gasteiger partial charge in [0, 0.05) is 6.42 Å². The van der Waals surface area contributed by atoms with Crippen LogP contribution >= 0.6 is 0 Å². The van der Waals surface area contributed by atoms with Crippen LogP contribution in [-0.2, 0) is 0 Å². The van der Waals surface area contributed by atoms with Crippen LogP contribution in [0.2, 0.25) is 0 Å². The molecule has 0 spiro atoms. The van der Waals surface area contributed by atoms with Crippen LogP contribution in [0, 0.1) is 0 Å². The fourth-order valence-electron chi connectivity index (χ4n) is 1.32. The van der Waals surface area contributed by atoms with Gasteiger partial charge >= 0.3 is 0 Å². The fourth-order valence-corrected chi connectivity index (χ4v) is 1.32. The van der Waals surface area contributed by atoms with E-state index in [1.807, 2.05) is 6.92 Å². The van der Waals surface area contributed by atoms with E-state index in [4.69, 9.17) is 10.2 Å². The minimum Gasteiger partial charge on any atom is -0.390 e. The Balaban J connectivity index is 3.93. The lowest BCUT2D eigenvalue weighted by molar-refractivity contribution is -0.159. The summed E-state index contributed by atoms with van der Waals surface area (Å²) in [6, 6.07) is 0. The minimum atomic E-state index is -1.85. The topological polar surface area (TPSA) is 101 Å². The van der Waals surface area contributed by atoms with Crippen molar-refractivity contribution in [3.63, 3.8) is 0 Å². The molecule has 0 bridgehead atoms. The van der Waals surface area contributed by atoms with Crippen molar-refractivity contribution in [2.24, 2.45) is 0 Å². The highest BCUT2D eigenvalue weighted by atomic mass is 16.5. The summed E-state index contributed by atoms with van der Waals surface area (Å²) >= 11 is 0. The standard InChI is InChI=1S/C10H22O5/c1-3-4-7(11)9(13)8(12)5-6-10(2,14)15/h7-9,11-15H,3-6H2,1-2H3/t7?,8-,9-/m1/s1. The lowest BCUT2D eigenvalue weighted by atomic mass is 9.98. The SMILES string of the molecule is CCCC(O)[C@@H](O)[C@H](O)CCC(C)(O)O. The van der Waals surface area contributed by atoms with Crippen molar-refractivity contribution in [3.8, 4) is 0 Å². The van der Waals surface area contributed by atoms with Gasteiger partial charge in [-0.25, -0.2) is 0 Å². The first-order chi connectivity index (χ1) is 6.78. The molecule has 0 heterocycles. The zero-order valence-corrected chi connectivity index (χ0v) is 9.30. The first kappa shape index (κ1) is 14.8. The Kier molecular flexibility index (Phi) is 6.31. The quantitative estimate of drug-likeness (QED) is 0.368. The molecule has 15 heavy (non-hydrogen) atoms. The van der Waals surface area contributed by atoms with Gasteiger partial charge < -0.3 is 25.5 Å². The summed E-state index contributed by atoms with van der Waals surface area (Å²) in [6.07, 6.45) is -2.22. The molecule has 0 aromatic rings. The summed E-state index contributed by atoms with van der Waals surface area (Å²) in [5, 5.41) is 46.3. The first-order valence-corrected chi connectivity index (χ1v) is 5.27. The van der Waals surface area contributed by atoms with E-state index in [0.29, 0.717) is 12.8 Å². The van der Waals surface area contributed by atoms with E-state index in [9.17, 15) is 15.3 Å². The van der Waals surface area contributed by atoms with Gasteiger partial charge in [0.15, 0.2) is 5.79 Å². The Labute approximate surface area is 90.0 Å². The summed E-state index contributed by atoms with van der Waals surface area (Å²) in [7, 11) is 0. The third-order valence-electron chi connectivity index (χ3n) is 2.29. The monoisotopic (exact) mass is 222 g/mol. The second kappa shape index (κ2) is 6.40. The van der Waals surface area contributed by atoms with Crippen LogP contribution in [0.1, 0.15) is 39.5 Å². The lowest BCUT2D eigenvalue weighted by Crippen LogP contribution is -2.38. The highest BCUT2D eigenvalue weighted by Crippen LogP contribution is 2.15. The first-order valence-electron chi connectivity index (χ1n) is 5.27. The summed E-state index contributed by atoms with van der Waals surface area (Å²) in [5.41, 5.74) is 0. The van der Waals surface area contributed by atoms with Crippen molar-refractivity contribution >= 4 is 0 Å². The van der Waals surface area contributed by atoms with Crippen LogP contribution in [0.4, 0.5) is 0 Å². The third kappa shape index (κ3) is 6.81. The normalized spacial score (nSPS) is 18.6. The van der Waals surface area contributed by atoms with E-state index in [1.54, 1.807) is 0 Å². The summed E-state index contributed by atoms with van der Waals surface area (Å²) in [6.45, 7) is 3.06. The summed E-state index contributed by atoms with van der Waals surface area (Å²) in [5.74, 6) is -1.85. The van der Waals surface area contributed by atoms with Crippen LogP contribution in [0.3, 0.4) is 0 Å². The zero-order chi connectivity index (χ0) is 12.1. The van der Waals surface area contributed by atoms with E-state index in [2.05, 4.69) is 0 Å². The second-order valence-electron chi connectivity index (χ2n) is 4.17. The number of hydrogen-bond acceptors (Lipinski definition) is 5. The van der Waals surface area contributed by atoms with E-state index < -0.39 is 24.1 Å². The van der Waals surface area contributed by atoms with Gasteiger partial charge in [-0.05, 0) is 19.8 Å². The lowest BCUT2D eigenvalue weighted by Gasteiger charge is -2.24. The molecule has 0 radical (unpaired) electrons. The molecule has 92 valence electrons. The molecule has 5 N–H and O–H groups in total. The molecule has 1 unspecified atom stereocenters. The van der Waals surface area contributed by atoms with Crippen molar-refractivity contribution in [3.05, 3.63) is 0 Å². The fraction of sp³-hybridized carbons (Fsp3) is 1.00. The van der Waals surface area contributed by atoms with E-state index in [-0.39, 0.29) is 12.8 Å². The van der Waals surface area contributed by atoms with Crippen molar-refractivity contribution in [1.82, 2.24) is 0 Å². The van der Waals surface area contributed by atoms with Gasteiger partial charge in [-0.1, -0.05) is 13.3 Å². The zero-order valence-electron chi connectivity index (χ0n) is 9.30. The second-order valence-corrected chi connectivity index (χ2v) is 4.17. The molecular formula is C10H22O5. The number of hydrogen-bond donors (Lipinski definition) is 5. The van der Waals surface area contributed by atoms with Gasteiger partial charge in [-0.2, -0.15) is 0 Å². The predicted octanol–water partition coefficient (Wildman–Crippen LogP) is -0.650. The Morgan fingerprint density at radius 1 is 1.00 bits per heavy atom. The van der Waals surface area contributed by atoms with Crippen molar-refractivity contribution in [2.45, 2.75) is 63.6 Å². The summed E-state index contributed by atoms with van der Waals surface area (Å²) < 4.78 is 0.